The fourth-order valence-corrected chi connectivity index (χ4v) is 2.28. The van der Waals surface area contributed by atoms with Crippen molar-refractivity contribution in [2.45, 2.75) is 13.3 Å². The molecule has 0 aliphatic rings. The zero-order valence-corrected chi connectivity index (χ0v) is 14.9. The highest BCUT2D eigenvalue weighted by Gasteiger charge is 2.09. The molecule has 4 nitrogen and oxygen atoms in total. The summed E-state index contributed by atoms with van der Waals surface area (Å²) in [5.74, 6) is -0.625. The molecule has 0 fully saturated rings. The second-order valence-corrected chi connectivity index (χ2v) is 5.92. The van der Waals surface area contributed by atoms with Gasteiger partial charge in [0.1, 0.15) is 0 Å². The Labute approximate surface area is 149 Å². The summed E-state index contributed by atoms with van der Waals surface area (Å²) in [6.45, 7) is 2.33. The van der Waals surface area contributed by atoms with Crippen molar-refractivity contribution in [3.05, 3.63) is 70.2 Å². The van der Waals surface area contributed by atoms with Crippen molar-refractivity contribution < 1.29 is 14.3 Å². The molecule has 24 heavy (non-hydrogen) atoms. The molecule has 0 heterocycles. The van der Waals surface area contributed by atoms with Crippen LogP contribution >= 0.6 is 15.9 Å². The Bertz CT molecular complexity index is 724. The number of hydrogen-bond acceptors (Lipinski definition) is 3. The molecule has 0 aromatic heterocycles. The Morgan fingerprint density at radius 3 is 2.38 bits per heavy atom. The van der Waals surface area contributed by atoms with Crippen molar-refractivity contribution in [1.82, 2.24) is 0 Å². The minimum Gasteiger partial charge on any atom is -0.462 e. The summed E-state index contributed by atoms with van der Waals surface area (Å²) in [5.41, 5.74) is 1.99. The molecule has 0 radical (unpaired) electrons. The molecule has 2 aromatic carbocycles. The third-order valence-corrected chi connectivity index (χ3v) is 3.71. The summed E-state index contributed by atoms with van der Waals surface area (Å²) in [6.07, 6.45) is 2.52. The van der Waals surface area contributed by atoms with E-state index in [0.717, 1.165) is 12.0 Å². The summed E-state index contributed by atoms with van der Waals surface area (Å²) in [6, 6.07) is 16.1. The van der Waals surface area contributed by atoms with Crippen LogP contribution in [-0.4, -0.2) is 18.5 Å². The third-order valence-electron chi connectivity index (χ3n) is 3.13. The number of carbonyl (C=O) groups excluding carboxylic acids is 2. The molecule has 0 spiro atoms. The topological polar surface area (TPSA) is 55.4 Å². The molecule has 0 saturated carbocycles. The zero-order chi connectivity index (χ0) is 17.4. The number of halogens is 1. The molecular formula is C19H18BrNO3. The summed E-state index contributed by atoms with van der Waals surface area (Å²) in [4.78, 5) is 23.9. The second kappa shape index (κ2) is 9.03. The summed E-state index contributed by atoms with van der Waals surface area (Å²) in [5, 5.41) is 2.77. The Morgan fingerprint density at radius 1 is 1.08 bits per heavy atom. The maximum absolute atomic E-state index is 12.2. The van der Waals surface area contributed by atoms with E-state index in [9.17, 15) is 9.59 Å². The lowest BCUT2D eigenvalue weighted by molar-refractivity contribution is -0.112. The fraction of sp³-hybridized carbons (Fsp3) is 0.158. The van der Waals surface area contributed by atoms with Gasteiger partial charge in [-0.1, -0.05) is 37.3 Å². The van der Waals surface area contributed by atoms with Gasteiger partial charge in [0.15, 0.2) is 0 Å². The van der Waals surface area contributed by atoms with E-state index in [0.29, 0.717) is 22.3 Å². The molecule has 0 atom stereocenters. The average molecular weight is 388 g/mol. The molecule has 0 saturated heterocycles. The maximum atomic E-state index is 12.2. The first-order chi connectivity index (χ1) is 11.6. The van der Waals surface area contributed by atoms with E-state index in [-0.39, 0.29) is 11.9 Å². The minimum absolute atomic E-state index is 0.264. The van der Waals surface area contributed by atoms with Crippen LogP contribution in [0.15, 0.2) is 59.1 Å². The Kier molecular flexibility index (Phi) is 6.75. The Balaban J connectivity index is 1.99. The lowest BCUT2D eigenvalue weighted by atomic mass is 10.2. The molecule has 5 heteroatoms. The van der Waals surface area contributed by atoms with Crippen LogP contribution in [0.1, 0.15) is 29.3 Å². The van der Waals surface area contributed by atoms with Gasteiger partial charge in [0.05, 0.1) is 16.7 Å². The van der Waals surface area contributed by atoms with Crippen LogP contribution in [0.2, 0.25) is 0 Å². The molecule has 0 unspecified atom stereocenters. The molecule has 2 aromatic rings. The number of anilines is 1. The second-order valence-electron chi connectivity index (χ2n) is 5.07. The Hall–Kier alpha value is -2.40. The highest BCUT2D eigenvalue weighted by molar-refractivity contribution is 9.12. The average Bonchev–Trinajstić information content (AvgIpc) is 2.61. The van der Waals surface area contributed by atoms with Crippen LogP contribution in [0.25, 0.3) is 6.08 Å². The number of benzene rings is 2. The molecule has 0 bridgehead atoms. The van der Waals surface area contributed by atoms with Gasteiger partial charge in [0, 0.05) is 5.69 Å². The van der Waals surface area contributed by atoms with Crippen LogP contribution in [-0.2, 0) is 9.53 Å². The van der Waals surface area contributed by atoms with Crippen LogP contribution < -0.4 is 5.32 Å². The zero-order valence-electron chi connectivity index (χ0n) is 13.3. The van der Waals surface area contributed by atoms with E-state index < -0.39 is 0 Å². The van der Waals surface area contributed by atoms with Gasteiger partial charge in [0.2, 0.25) is 0 Å². The molecule has 2 rings (SSSR count). The summed E-state index contributed by atoms with van der Waals surface area (Å²) < 4.78 is 5.48. The van der Waals surface area contributed by atoms with Crippen molar-refractivity contribution in [3.63, 3.8) is 0 Å². The van der Waals surface area contributed by atoms with E-state index in [4.69, 9.17) is 4.74 Å². The van der Waals surface area contributed by atoms with Gasteiger partial charge in [-0.25, -0.2) is 4.79 Å². The molecule has 124 valence electrons. The van der Waals surface area contributed by atoms with Crippen molar-refractivity contribution in [2.24, 2.45) is 0 Å². The van der Waals surface area contributed by atoms with Crippen molar-refractivity contribution in [2.75, 3.05) is 11.9 Å². The standard InChI is InChI=1S/C19H18BrNO3/c1-2-12-24-19(23)15-8-10-16(11-9-15)21-18(22)17(20)13-14-6-4-3-5-7-14/h3-11,13H,2,12H2,1H3,(H,21,22)/b17-13-. The number of amides is 1. The predicted molar refractivity (Wildman–Crippen MR) is 99.0 cm³/mol. The SMILES string of the molecule is CCCOC(=O)c1ccc(NC(=O)/C(Br)=C/c2ccccc2)cc1. The lowest BCUT2D eigenvalue weighted by Gasteiger charge is -2.06. The van der Waals surface area contributed by atoms with Gasteiger partial charge in [-0.3, -0.25) is 4.79 Å². The first-order valence-corrected chi connectivity index (χ1v) is 8.40. The van der Waals surface area contributed by atoms with Crippen LogP contribution in [0.4, 0.5) is 5.69 Å². The van der Waals surface area contributed by atoms with E-state index >= 15 is 0 Å². The van der Waals surface area contributed by atoms with Crippen LogP contribution in [0.3, 0.4) is 0 Å². The van der Waals surface area contributed by atoms with E-state index in [1.807, 2.05) is 37.3 Å². The van der Waals surface area contributed by atoms with E-state index in [2.05, 4.69) is 21.2 Å². The highest BCUT2D eigenvalue weighted by Crippen LogP contribution is 2.16. The van der Waals surface area contributed by atoms with Crippen molar-refractivity contribution >= 4 is 39.6 Å². The normalized spacial score (nSPS) is 11.0. The molecular weight excluding hydrogens is 370 g/mol. The summed E-state index contributed by atoms with van der Waals surface area (Å²) >= 11 is 3.28. The van der Waals surface area contributed by atoms with Gasteiger partial charge in [-0.2, -0.15) is 0 Å². The summed E-state index contributed by atoms with van der Waals surface area (Å²) in [7, 11) is 0. The number of carbonyl (C=O) groups is 2. The van der Waals surface area contributed by atoms with Gasteiger partial charge >= 0.3 is 5.97 Å². The Morgan fingerprint density at radius 2 is 1.75 bits per heavy atom. The fourth-order valence-electron chi connectivity index (χ4n) is 1.92. The largest absolute Gasteiger partial charge is 0.462 e. The maximum Gasteiger partial charge on any atom is 0.338 e. The first-order valence-electron chi connectivity index (χ1n) is 7.61. The van der Waals surface area contributed by atoms with Gasteiger partial charge < -0.3 is 10.1 Å². The number of rotatable bonds is 6. The van der Waals surface area contributed by atoms with E-state index in [1.54, 1.807) is 30.3 Å². The van der Waals surface area contributed by atoms with Crippen molar-refractivity contribution in [3.8, 4) is 0 Å². The third kappa shape index (κ3) is 5.35. The highest BCUT2D eigenvalue weighted by atomic mass is 79.9. The van der Waals surface area contributed by atoms with Gasteiger partial charge in [0.25, 0.3) is 5.91 Å². The minimum atomic E-state index is -0.361. The monoisotopic (exact) mass is 387 g/mol. The van der Waals surface area contributed by atoms with Crippen LogP contribution in [0, 0.1) is 0 Å². The predicted octanol–water partition coefficient (Wildman–Crippen LogP) is 4.63. The number of ether oxygens (including phenoxy) is 1. The van der Waals surface area contributed by atoms with E-state index in [1.165, 1.54) is 0 Å². The molecule has 1 N–H and O–H groups in total. The number of nitrogens with one attached hydrogen (secondary N) is 1. The molecule has 0 aliphatic heterocycles. The molecule has 1 amide bonds. The number of esters is 1. The quantitative estimate of drug-likeness (QED) is 0.580. The smallest absolute Gasteiger partial charge is 0.338 e. The van der Waals surface area contributed by atoms with Gasteiger partial charge in [-0.05, 0) is 58.3 Å². The first kappa shape index (κ1) is 17.9. The number of hydrogen-bond donors (Lipinski definition) is 1. The van der Waals surface area contributed by atoms with Crippen molar-refractivity contribution in [1.29, 1.82) is 0 Å². The van der Waals surface area contributed by atoms with Crippen LogP contribution in [0.5, 0.6) is 0 Å². The lowest BCUT2D eigenvalue weighted by Crippen LogP contribution is -2.11. The van der Waals surface area contributed by atoms with Gasteiger partial charge in [-0.15, -0.1) is 0 Å². The molecule has 0 aliphatic carbocycles.